The first-order valence-electron chi connectivity index (χ1n) is 7.11. The van der Waals surface area contributed by atoms with Gasteiger partial charge in [-0.25, -0.2) is 15.0 Å². The van der Waals surface area contributed by atoms with E-state index in [-0.39, 0.29) is 19.0 Å². The van der Waals surface area contributed by atoms with Gasteiger partial charge in [-0.2, -0.15) is 0 Å². The molecule has 0 spiro atoms. The quantitative estimate of drug-likeness (QED) is 0.768. The second-order valence-electron chi connectivity index (χ2n) is 5.46. The van der Waals surface area contributed by atoms with E-state index in [9.17, 15) is 9.90 Å². The number of hydrogen-bond acceptors (Lipinski definition) is 6. The van der Waals surface area contributed by atoms with Crippen LogP contribution in [0.3, 0.4) is 0 Å². The van der Waals surface area contributed by atoms with Gasteiger partial charge >= 0.3 is 0 Å². The molecule has 1 saturated heterocycles. The molecule has 0 unspecified atom stereocenters. The smallest absolute Gasteiger partial charge is 0.240 e. The normalized spacial score (nSPS) is 21.0. The molecule has 8 nitrogen and oxygen atoms in total. The lowest BCUT2D eigenvalue weighted by Gasteiger charge is -2.23. The number of aliphatic hydroxyl groups is 1. The van der Waals surface area contributed by atoms with E-state index in [4.69, 9.17) is 0 Å². The van der Waals surface area contributed by atoms with Gasteiger partial charge in [0.25, 0.3) is 0 Å². The number of aromatic nitrogens is 4. The van der Waals surface area contributed by atoms with Crippen LogP contribution >= 0.6 is 0 Å². The van der Waals surface area contributed by atoms with Crippen LogP contribution in [0.15, 0.2) is 37.2 Å². The van der Waals surface area contributed by atoms with Crippen molar-refractivity contribution < 1.29 is 9.90 Å². The van der Waals surface area contributed by atoms with Crippen LogP contribution in [0, 0.1) is 0 Å². The second-order valence-corrected chi connectivity index (χ2v) is 5.46. The molecule has 22 heavy (non-hydrogen) atoms. The predicted molar refractivity (Wildman–Crippen MR) is 79.0 cm³/mol. The Kier molecular flexibility index (Phi) is 4.01. The van der Waals surface area contributed by atoms with Crippen LogP contribution in [-0.4, -0.2) is 55.8 Å². The molecule has 2 aromatic rings. The maximum absolute atomic E-state index is 11.9. The Hall–Kier alpha value is -2.48. The van der Waals surface area contributed by atoms with Crippen LogP contribution in [-0.2, 0) is 11.3 Å². The van der Waals surface area contributed by atoms with Crippen molar-refractivity contribution in [1.29, 1.82) is 0 Å². The fourth-order valence-electron chi connectivity index (χ4n) is 2.49. The first-order chi connectivity index (χ1) is 10.6. The molecule has 1 aliphatic rings. The van der Waals surface area contributed by atoms with Gasteiger partial charge in [-0.15, -0.1) is 0 Å². The number of amides is 1. The Balaban J connectivity index is 1.51. The highest BCUT2D eigenvalue weighted by Crippen LogP contribution is 2.23. The van der Waals surface area contributed by atoms with Gasteiger partial charge in [-0.05, 0) is 12.5 Å². The Morgan fingerprint density at radius 1 is 1.36 bits per heavy atom. The van der Waals surface area contributed by atoms with Crippen molar-refractivity contribution in [3.63, 3.8) is 0 Å². The predicted octanol–water partition coefficient (Wildman–Crippen LogP) is -0.569. The molecule has 0 aromatic carbocycles. The zero-order valence-electron chi connectivity index (χ0n) is 12.1. The van der Waals surface area contributed by atoms with Crippen LogP contribution < -0.4 is 10.2 Å². The maximum atomic E-state index is 11.9. The summed E-state index contributed by atoms with van der Waals surface area (Å²) in [5, 5.41) is 13.3. The SMILES string of the molecule is O=C(Cn1ccnc1)NC[C@@]1(O)CCN(c2ncccn2)C1. The summed E-state index contributed by atoms with van der Waals surface area (Å²) in [5.74, 6) is 0.448. The minimum Gasteiger partial charge on any atom is -0.386 e. The number of carbonyl (C=O) groups is 1. The van der Waals surface area contributed by atoms with Crippen molar-refractivity contribution in [3.05, 3.63) is 37.2 Å². The average Bonchev–Trinajstić information content (AvgIpc) is 3.17. The van der Waals surface area contributed by atoms with Crippen LogP contribution in [0.1, 0.15) is 6.42 Å². The topological polar surface area (TPSA) is 96.2 Å². The molecule has 1 atom stereocenters. The van der Waals surface area contributed by atoms with Gasteiger partial charge in [0.2, 0.25) is 11.9 Å². The first-order valence-corrected chi connectivity index (χ1v) is 7.11. The number of nitrogens with zero attached hydrogens (tertiary/aromatic N) is 5. The number of anilines is 1. The fourth-order valence-corrected chi connectivity index (χ4v) is 2.49. The van der Waals surface area contributed by atoms with Gasteiger partial charge in [0.15, 0.2) is 0 Å². The molecule has 1 fully saturated rings. The molecular weight excluding hydrogens is 284 g/mol. The highest BCUT2D eigenvalue weighted by atomic mass is 16.3. The zero-order valence-corrected chi connectivity index (χ0v) is 12.1. The molecule has 0 saturated carbocycles. The third kappa shape index (κ3) is 3.40. The molecule has 116 valence electrons. The first kappa shape index (κ1) is 14.5. The van der Waals surface area contributed by atoms with E-state index in [1.165, 1.54) is 0 Å². The molecule has 0 bridgehead atoms. The maximum Gasteiger partial charge on any atom is 0.240 e. The molecule has 3 heterocycles. The van der Waals surface area contributed by atoms with E-state index in [1.54, 1.807) is 41.7 Å². The highest BCUT2D eigenvalue weighted by molar-refractivity contribution is 5.75. The Bertz CT molecular complexity index is 618. The van der Waals surface area contributed by atoms with E-state index in [1.807, 2.05) is 4.90 Å². The number of β-amino-alcohol motifs (C(OH)–C–C–N with tert-alkyl or cyclic N) is 1. The lowest BCUT2D eigenvalue weighted by atomic mass is 10.0. The molecule has 2 aromatic heterocycles. The van der Waals surface area contributed by atoms with Crippen molar-refractivity contribution in [2.75, 3.05) is 24.5 Å². The molecule has 1 amide bonds. The van der Waals surface area contributed by atoms with Crippen molar-refractivity contribution in [2.45, 2.75) is 18.6 Å². The minimum absolute atomic E-state index is 0.152. The number of carbonyl (C=O) groups excluding carboxylic acids is 1. The summed E-state index contributed by atoms with van der Waals surface area (Å²) in [7, 11) is 0. The van der Waals surface area contributed by atoms with Crippen LogP contribution in [0.5, 0.6) is 0 Å². The fraction of sp³-hybridized carbons (Fsp3) is 0.429. The van der Waals surface area contributed by atoms with Gasteiger partial charge in [-0.1, -0.05) is 0 Å². The Morgan fingerprint density at radius 3 is 2.91 bits per heavy atom. The van der Waals surface area contributed by atoms with Gasteiger partial charge in [-0.3, -0.25) is 4.79 Å². The average molecular weight is 302 g/mol. The van der Waals surface area contributed by atoms with Crippen molar-refractivity contribution in [2.24, 2.45) is 0 Å². The van der Waals surface area contributed by atoms with E-state index in [0.29, 0.717) is 25.5 Å². The summed E-state index contributed by atoms with van der Waals surface area (Å²) in [6.45, 7) is 1.48. The van der Waals surface area contributed by atoms with Gasteiger partial charge < -0.3 is 19.9 Å². The summed E-state index contributed by atoms with van der Waals surface area (Å²) in [6.07, 6.45) is 8.84. The summed E-state index contributed by atoms with van der Waals surface area (Å²) in [4.78, 5) is 26.0. The Morgan fingerprint density at radius 2 is 2.18 bits per heavy atom. The van der Waals surface area contributed by atoms with E-state index >= 15 is 0 Å². The molecule has 2 N–H and O–H groups in total. The molecule has 3 rings (SSSR count). The summed E-state index contributed by atoms with van der Waals surface area (Å²) in [5.41, 5.74) is -0.955. The summed E-state index contributed by atoms with van der Waals surface area (Å²) < 4.78 is 1.68. The highest BCUT2D eigenvalue weighted by Gasteiger charge is 2.37. The summed E-state index contributed by atoms with van der Waals surface area (Å²) in [6, 6.07) is 1.75. The molecular formula is C14H18N6O2. The number of rotatable bonds is 5. The summed E-state index contributed by atoms with van der Waals surface area (Å²) >= 11 is 0. The third-order valence-electron chi connectivity index (χ3n) is 3.67. The lowest BCUT2D eigenvalue weighted by Crippen LogP contribution is -2.45. The minimum atomic E-state index is -0.955. The van der Waals surface area contributed by atoms with Crippen molar-refractivity contribution in [3.8, 4) is 0 Å². The number of hydrogen-bond donors (Lipinski definition) is 2. The molecule has 1 aliphatic heterocycles. The van der Waals surface area contributed by atoms with Gasteiger partial charge in [0, 0.05) is 37.9 Å². The number of nitrogens with one attached hydrogen (secondary N) is 1. The van der Waals surface area contributed by atoms with Crippen LogP contribution in [0.25, 0.3) is 0 Å². The second kappa shape index (κ2) is 6.10. The lowest BCUT2D eigenvalue weighted by molar-refractivity contribution is -0.122. The van der Waals surface area contributed by atoms with E-state index in [2.05, 4.69) is 20.3 Å². The van der Waals surface area contributed by atoms with E-state index in [0.717, 1.165) is 0 Å². The van der Waals surface area contributed by atoms with Crippen molar-refractivity contribution >= 4 is 11.9 Å². The van der Waals surface area contributed by atoms with Gasteiger partial charge in [0.1, 0.15) is 12.1 Å². The third-order valence-corrected chi connectivity index (χ3v) is 3.67. The Labute approximate surface area is 127 Å². The van der Waals surface area contributed by atoms with Crippen LogP contribution in [0.2, 0.25) is 0 Å². The molecule has 0 aliphatic carbocycles. The largest absolute Gasteiger partial charge is 0.386 e. The standard InChI is InChI=1S/C14H18N6O2/c21-12(8-19-7-5-15-11-19)18-9-14(22)2-6-20(10-14)13-16-3-1-4-17-13/h1,3-5,7,11,22H,2,6,8-10H2,(H,18,21)/t14-/m0/s1. The zero-order chi connectivity index (χ0) is 15.4. The molecule has 8 heteroatoms. The van der Waals surface area contributed by atoms with Crippen molar-refractivity contribution in [1.82, 2.24) is 24.8 Å². The van der Waals surface area contributed by atoms with Gasteiger partial charge in [0.05, 0.1) is 12.9 Å². The number of imidazole rings is 1. The van der Waals surface area contributed by atoms with E-state index < -0.39 is 5.60 Å². The van der Waals surface area contributed by atoms with Crippen LogP contribution in [0.4, 0.5) is 5.95 Å². The monoisotopic (exact) mass is 302 g/mol. The molecule has 0 radical (unpaired) electrons.